The number of anilines is 2. The fraction of sp³-hybridized carbons (Fsp3) is 0.150. The molecule has 1 heterocycles. The summed E-state index contributed by atoms with van der Waals surface area (Å²) in [6.45, 7) is 0.336. The number of rotatable bonds is 6. The zero-order valence-corrected chi connectivity index (χ0v) is 16.1. The Kier molecular flexibility index (Phi) is 6.53. The molecule has 162 valence electrons. The number of benzene rings is 2. The van der Waals surface area contributed by atoms with Crippen LogP contribution in [-0.4, -0.2) is 28.1 Å². The van der Waals surface area contributed by atoms with Crippen molar-refractivity contribution in [1.29, 1.82) is 0 Å². The monoisotopic (exact) mass is 435 g/mol. The van der Waals surface area contributed by atoms with Crippen molar-refractivity contribution in [2.75, 3.05) is 17.7 Å². The smallest absolute Gasteiger partial charge is 0.419 e. The Labute approximate surface area is 174 Å². The van der Waals surface area contributed by atoms with Crippen molar-refractivity contribution in [1.82, 2.24) is 9.97 Å². The summed E-state index contributed by atoms with van der Waals surface area (Å²) in [5.74, 6) is -0.774. The number of nitrogens with one attached hydrogen (secondary N) is 2. The second kappa shape index (κ2) is 9.28. The third-order valence-electron chi connectivity index (χ3n) is 4.18. The lowest BCUT2D eigenvalue weighted by molar-refractivity contribution is -0.139. The van der Waals surface area contributed by atoms with E-state index in [1.54, 1.807) is 19.2 Å². The van der Waals surface area contributed by atoms with Crippen molar-refractivity contribution in [3.05, 3.63) is 77.5 Å². The molecular weight excluding hydrogens is 418 g/mol. The molecule has 31 heavy (non-hydrogen) atoms. The van der Waals surface area contributed by atoms with Crippen LogP contribution >= 0.6 is 0 Å². The van der Waals surface area contributed by atoms with Crippen molar-refractivity contribution in [3.63, 3.8) is 0 Å². The number of alkyl halides is 3. The Bertz CT molecular complexity index is 1070. The third-order valence-corrected chi connectivity index (χ3v) is 4.18. The molecule has 0 saturated heterocycles. The number of aromatic nitrogens is 2. The molecule has 1 aromatic heterocycles. The summed E-state index contributed by atoms with van der Waals surface area (Å²) in [6.07, 6.45) is -2.16. The SMILES string of the molecule is COc1ccc(CNc2nccnc2/C(=N/O)Nc2ccc(F)c(C(F)(F)F)c2)cc1. The normalized spacial score (nSPS) is 11.8. The van der Waals surface area contributed by atoms with E-state index in [1.807, 2.05) is 12.1 Å². The highest BCUT2D eigenvalue weighted by molar-refractivity contribution is 6.09. The van der Waals surface area contributed by atoms with E-state index >= 15 is 0 Å². The molecule has 0 amide bonds. The van der Waals surface area contributed by atoms with Crippen LogP contribution in [0.1, 0.15) is 16.8 Å². The van der Waals surface area contributed by atoms with Crippen molar-refractivity contribution >= 4 is 17.3 Å². The van der Waals surface area contributed by atoms with Crippen LogP contribution < -0.4 is 15.4 Å². The highest BCUT2D eigenvalue weighted by Crippen LogP contribution is 2.33. The molecule has 0 fully saturated rings. The van der Waals surface area contributed by atoms with Crippen LogP contribution in [0.15, 0.2) is 60.0 Å². The molecule has 0 unspecified atom stereocenters. The van der Waals surface area contributed by atoms with Gasteiger partial charge in [0.2, 0.25) is 0 Å². The van der Waals surface area contributed by atoms with Crippen LogP contribution in [0.3, 0.4) is 0 Å². The fourth-order valence-electron chi connectivity index (χ4n) is 2.66. The fourth-order valence-corrected chi connectivity index (χ4v) is 2.66. The largest absolute Gasteiger partial charge is 0.497 e. The molecule has 3 N–H and O–H groups in total. The van der Waals surface area contributed by atoms with Crippen LogP contribution in [0, 0.1) is 5.82 Å². The van der Waals surface area contributed by atoms with Crippen molar-refractivity contribution in [2.45, 2.75) is 12.7 Å². The van der Waals surface area contributed by atoms with Gasteiger partial charge in [-0.05, 0) is 35.9 Å². The van der Waals surface area contributed by atoms with E-state index in [9.17, 15) is 22.8 Å². The minimum absolute atomic E-state index is 0.0522. The Morgan fingerprint density at radius 3 is 2.45 bits per heavy atom. The highest BCUT2D eigenvalue weighted by Gasteiger charge is 2.34. The van der Waals surface area contributed by atoms with Crippen LogP contribution in [0.25, 0.3) is 0 Å². The molecule has 0 atom stereocenters. The first-order chi connectivity index (χ1) is 14.8. The first-order valence-corrected chi connectivity index (χ1v) is 8.86. The van der Waals surface area contributed by atoms with Gasteiger partial charge in [0.15, 0.2) is 17.3 Å². The van der Waals surface area contributed by atoms with Crippen molar-refractivity contribution in [2.24, 2.45) is 5.16 Å². The molecule has 7 nitrogen and oxygen atoms in total. The summed E-state index contributed by atoms with van der Waals surface area (Å²) in [5.41, 5.74) is -0.655. The van der Waals surface area contributed by atoms with Crippen LogP contribution in [0.2, 0.25) is 0 Å². The lowest BCUT2D eigenvalue weighted by Crippen LogP contribution is -2.19. The van der Waals surface area contributed by atoms with Crippen LogP contribution in [0.4, 0.5) is 29.1 Å². The molecular formula is C20H17F4N5O2. The standard InChI is InChI=1S/C20H17F4N5O2/c1-31-14-5-2-12(3-6-14)11-27-18-17(25-8-9-26-18)19(29-30)28-13-4-7-16(21)15(10-13)20(22,23)24/h2-10,30H,11H2,1H3,(H,26,27)(H,28,29). The number of oxime groups is 1. The number of methoxy groups -OCH3 is 1. The lowest BCUT2D eigenvalue weighted by Gasteiger charge is -2.14. The van der Waals surface area contributed by atoms with Gasteiger partial charge in [-0.25, -0.2) is 14.4 Å². The molecule has 3 aromatic rings. The van der Waals surface area contributed by atoms with Gasteiger partial charge in [0, 0.05) is 24.6 Å². The van der Waals surface area contributed by atoms with Crippen molar-refractivity contribution < 1.29 is 27.5 Å². The van der Waals surface area contributed by atoms with Gasteiger partial charge in [-0.2, -0.15) is 13.2 Å². The van der Waals surface area contributed by atoms with E-state index in [4.69, 9.17) is 4.74 Å². The van der Waals surface area contributed by atoms with Gasteiger partial charge in [-0.3, -0.25) is 0 Å². The summed E-state index contributed by atoms with van der Waals surface area (Å²) < 4.78 is 57.5. The third kappa shape index (κ3) is 5.38. The minimum atomic E-state index is -4.88. The Morgan fingerprint density at radius 2 is 1.81 bits per heavy atom. The van der Waals surface area contributed by atoms with Gasteiger partial charge in [-0.1, -0.05) is 17.3 Å². The van der Waals surface area contributed by atoms with Crippen molar-refractivity contribution in [3.8, 4) is 5.75 Å². The molecule has 0 spiro atoms. The lowest BCUT2D eigenvalue weighted by atomic mass is 10.1. The van der Waals surface area contributed by atoms with E-state index in [-0.39, 0.29) is 23.0 Å². The van der Waals surface area contributed by atoms with Gasteiger partial charge >= 0.3 is 6.18 Å². The maximum Gasteiger partial charge on any atom is 0.419 e. The maximum absolute atomic E-state index is 13.5. The van der Waals surface area contributed by atoms with E-state index in [0.29, 0.717) is 24.4 Å². The zero-order chi connectivity index (χ0) is 22.4. The Hall–Kier alpha value is -3.89. The number of amidine groups is 1. The molecule has 0 aliphatic carbocycles. The zero-order valence-electron chi connectivity index (χ0n) is 16.1. The predicted octanol–water partition coefficient (Wildman–Crippen LogP) is 4.50. The minimum Gasteiger partial charge on any atom is -0.497 e. The van der Waals surface area contributed by atoms with Gasteiger partial charge in [0.05, 0.1) is 12.7 Å². The van der Waals surface area contributed by atoms with Gasteiger partial charge in [-0.15, -0.1) is 0 Å². The van der Waals surface area contributed by atoms with E-state index in [2.05, 4.69) is 25.8 Å². The average molecular weight is 435 g/mol. The molecule has 2 aromatic carbocycles. The molecule has 0 aliphatic heterocycles. The van der Waals surface area contributed by atoms with Crippen LogP contribution in [0.5, 0.6) is 5.75 Å². The number of hydrogen-bond acceptors (Lipinski definition) is 6. The van der Waals surface area contributed by atoms with Gasteiger partial charge in [0.1, 0.15) is 11.6 Å². The summed E-state index contributed by atoms with van der Waals surface area (Å²) in [5, 5.41) is 18.0. The molecule has 0 aliphatic rings. The predicted molar refractivity (Wildman–Crippen MR) is 106 cm³/mol. The van der Waals surface area contributed by atoms with Gasteiger partial charge < -0.3 is 20.6 Å². The first-order valence-electron chi connectivity index (χ1n) is 8.86. The highest BCUT2D eigenvalue weighted by atomic mass is 19.4. The second-order valence-corrected chi connectivity index (χ2v) is 6.22. The van der Waals surface area contributed by atoms with E-state index < -0.39 is 17.6 Å². The summed E-state index contributed by atoms with van der Waals surface area (Å²) in [6, 6.07) is 9.54. The molecule has 11 heteroatoms. The number of hydrogen-bond donors (Lipinski definition) is 3. The molecule has 0 bridgehead atoms. The summed E-state index contributed by atoms with van der Waals surface area (Å²) in [4.78, 5) is 8.22. The molecule has 0 saturated carbocycles. The second-order valence-electron chi connectivity index (χ2n) is 6.22. The number of nitrogens with zero attached hydrogens (tertiary/aromatic N) is 3. The number of halogens is 4. The maximum atomic E-state index is 13.5. The van der Waals surface area contributed by atoms with Crippen LogP contribution in [-0.2, 0) is 12.7 Å². The topological polar surface area (TPSA) is 91.7 Å². The Balaban J connectivity index is 1.81. The Morgan fingerprint density at radius 1 is 1.10 bits per heavy atom. The van der Waals surface area contributed by atoms with E-state index in [1.165, 1.54) is 12.4 Å². The first kappa shape index (κ1) is 21.8. The average Bonchev–Trinajstić information content (AvgIpc) is 2.77. The number of ether oxygens (including phenoxy) is 1. The molecule has 3 rings (SSSR count). The van der Waals surface area contributed by atoms with E-state index in [0.717, 1.165) is 11.6 Å². The van der Waals surface area contributed by atoms with Gasteiger partial charge in [0.25, 0.3) is 0 Å². The summed E-state index contributed by atoms with van der Waals surface area (Å²) in [7, 11) is 1.56. The molecule has 0 radical (unpaired) electrons. The summed E-state index contributed by atoms with van der Waals surface area (Å²) >= 11 is 0. The quantitative estimate of drug-likeness (QED) is 0.174.